The summed E-state index contributed by atoms with van der Waals surface area (Å²) in [5.74, 6) is -0.844. The minimum atomic E-state index is -0.844. The topological polar surface area (TPSA) is 67.5 Å². The Morgan fingerprint density at radius 1 is 1.29 bits per heavy atom. The molecule has 3 aromatic rings. The maximum absolute atomic E-state index is 11.1. The van der Waals surface area contributed by atoms with E-state index in [4.69, 9.17) is 5.11 Å². The lowest BCUT2D eigenvalue weighted by Gasteiger charge is -2.12. The average Bonchev–Trinajstić information content (AvgIpc) is 2.90. The van der Waals surface area contributed by atoms with Crippen LogP contribution in [-0.4, -0.2) is 25.7 Å². The van der Waals surface area contributed by atoms with Gasteiger partial charge in [-0.05, 0) is 31.9 Å². The fourth-order valence-electron chi connectivity index (χ4n) is 2.79. The van der Waals surface area contributed by atoms with E-state index in [1.807, 2.05) is 13.8 Å². The average molecular weight is 301 g/mol. The maximum atomic E-state index is 11.1. The van der Waals surface area contributed by atoms with Crippen LogP contribution >= 0.6 is 11.3 Å². The van der Waals surface area contributed by atoms with Gasteiger partial charge in [-0.15, -0.1) is 0 Å². The molecule has 0 unspecified atom stereocenters. The lowest BCUT2D eigenvalue weighted by Crippen LogP contribution is -2.03. The monoisotopic (exact) mass is 301 g/mol. The third-order valence-electron chi connectivity index (χ3n) is 3.43. The summed E-state index contributed by atoms with van der Waals surface area (Å²) < 4.78 is 1.74. The second-order valence-corrected chi connectivity index (χ2v) is 6.23. The number of aromatic nitrogens is 3. The third kappa shape index (κ3) is 2.31. The van der Waals surface area contributed by atoms with Gasteiger partial charge in [0.2, 0.25) is 4.96 Å². The Kier molecular flexibility index (Phi) is 3.25. The zero-order chi connectivity index (χ0) is 15.1. The van der Waals surface area contributed by atoms with Gasteiger partial charge in [0.1, 0.15) is 6.33 Å². The Labute approximate surface area is 125 Å². The normalized spacial score (nSPS) is 11.2. The predicted octanol–water partition coefficient (Wildman–Crippen LogP) is 3.01. The molecule has 0 amide bonds. The van der Waals surface area contributed by atoms with E-state index < -0.39 is 5.97 Å². The highest BCUT2D eigenvalue weighted by molar-refractivity contribution is 7.17. The molecule has 0 aliphatic carbocycles. The zero-order valence-electron chi connectivity index (χ0n) is 12.0. The van der Waals surface area contributed by atoms with Gasteiger partial charge in [0.05, 0.1) is 12.1 Å². The van der Waals surface area contributed by atoms with Crippen molar-refractivity contribution < 1.29 is 9.90 Å². The van der Waals surface area contributed by atoms with E-state index in [1.54, 1.807) is 4.52 Å². The van der Waals surface area contributed by atoms with Crippen molar-refractivity contribution in [3.8, 4) is 11.3 Å². The van der Waals surface area contributed by atoms with Crippen LogP contribution in [0.5, 0.6) is 0 Å². The summed E-state index contributed by atoms with van der Waals surface area (Å²) in [5, 5.41) is 13.4. The Morgan fingerprint density at radius 3 is 2.57 bits per heavy atom. The van der Waals surface area contributed by atoms with E-state index in [0.29, 0.717) is 0 Å². The Balaban J connectivity index is 2.32. The van der Waals surface area contributed by atoms with Gasteiger partial charge >= 0.3 is 5.97 Å². The minimum Gasteiger partial charge on any atom is -0.481 e. The van der Waals surface area contributed by atoms with Gasteiger partial charge in [-0.25, -0.2) is 9.50 Å². The molecule has 2 heterocycles. The van der Waals surface area contributed by atoms with Gasteiger partial charge < -0.3 is 5.11 Å². The number of benzene rings is 1. The highest BCUT2D eigenvalue weighted by atomic mass is 32.1. The summed E-state index contributed by atoms with van der Waals surface area (Å²) in [6.07, 6.45) is 1.48. The minimum absolute atomic E-state index is 0.0161. The SMILES string of the molecule is Cc1cc(C)c(-c2c(CC(=O)O)sc3ncnn23)c(C)c1. The number of hydrogen-bond acceptors (Lipinski definition) is 4. The number of nitrogens with zero attached hydrogens (tertiary/aromatic N) is 3. The molecule has 3 rings (SSSR count). The van der Waals surface area contributed by atoms with Crippen LogP contribution in [-0.2, 0) is 11.2 Å². The molecule has 5 nitrogen and oxygen atoms in total. The summed E-state index contributed by atoms with van der Waals surface area (Å²) in [5.41, 5.74) is 5.33. The van der Waals surface area contributed by atoms with Gasteiger partial charge in [-0.1, -0.05) is 29.0 Å². The van der Waals surface area contributed by atoms with Gasteiger partial charge in [-0.2, -0.15) is 5.10 Å². The van der Waals surface area contributed by atoms with Crippen molar-refractivity contribution >= 4 is 22.3 Å². The first-order valence-electron chi connectivity index (χ1n) is 6.59. The molecule has 0 aliphatic rings. The van der Waals surface area contributed by atoms with Gasteiger partial charge in [0, 0.05) is 10.4 Å². The van der Waals surface area contributed by atoms with Gasteiger partial charge in [0.15, 0.2) is 0 Å². The maximum Gasteiger partial charge on any atom is 0.308 e. The predicted molar refractivity (Wildman–Crippen MR) is 81.9 cm³/mol. The molecule has 0 spiro atoms. The summed E-state index contributed by atoms with van der Waals surface area (Å²) in [6, 6.07) is 4.21. The third-order valence-corrected chi connectivity index (χ3v) is 4.48. The number of fused-ring (bicyclic) bond motifs is 1. The molecule has 0 bridgehead atoms. The number of aliphatic carboxylic acids is 1. The van der Waals surface area contributed by atoms with Gasteiger partial charge in [0.25, 0.3) is 0 Å². The quantitative estimate of drug-likeness (QED) is 0.807. The van der Waals surface area contributed by atoms with Crippen LogP contribution in [0.1, 0.15) is 21.6 Å². The van der Waals surface area contributed by atoms with Crippen molar-refractivity contribution in [2.24, 2.45) is 0 Å². The fourth-order valence-corrected chi connectivity index (χ4v) is 3.81. The van der Waals surface area contributed by atoms with Crippen molar-refractivity contribution in [1.82, 2.24) is 14.6 Å². The Morgan fingerprint density at radius 2 is 1.95 bits per heavy atom. The zero-order valence-corrected chi connectivity index (χ0v) is 12.9. The summed E-state index contributed by atoms with van der Waals surface area (Å²) in [6.45, 7) is 6.14. The lowest BCUT2D eigenvalue weighted by atomic mass is 9.96. The smallest absolute Gasteiger partial charge is 0.308 e. The highest BCUT2D eigenvalue weighted by Crippen LogP contribution is 2.35. The van der Waals surface area contributed by atoms with E-state index in [2.05, 4.69) is 29.1 Å². The largest absolute Gasteiger partial charge is 0.481 e. The first kappa shape index (κ1) is 13.8. The molecule has 2 aromatic heterocycles. The van der Waals surface area contributed by atoms with Crippen molar-refractivity contribution in [1.29, 1.82) is 0 Å². The van der Waals surface area contributed by atoms with Gasteiger partial charge in [-0.3, -0.25) is 4.79 Å². The molecule has 0 saturated heterocycles. The standard InChI is InChI=1S/C15H15N3O2S/c1-8-4-9(2)13(10(3)5-8)14-11(6-12(19)20)21-15-16-7-17-18(14)15/h4-5,7H,6H2,1-3H3,(H,19,20). The van der Waals surface area contributed by atoms with E-state index >= 15 is 0 Å². The molecule has 1 aromatic carbocycles. The number of rotatable bonds is 3. The van der Waals surface area contributed by atoms with Crippen LogP contribution in [0.15, 0.2) is 18.5 Å². The molecule has 0 atom stereocenters. The molecule has 21 heavy (non-hydrogen) atoms. The number of carbonyl (C=O) groups is 1. The summed E-state index contributed by atoms with van der Waals surface area (Å²) in [4.78, 5) is 16.8. The van der Waals surface area contributed by atoms with Crippen molar-refractivity contribution in [2.45, 2.75) is 27.2 Å². The molecule has 0 aliphatic heterocycles. The van der Waals surface area contributed by atoms with E-state index in [0.717, 1.165) is 32.2 Å². The number of thiazole rings is 1. The number of aryl methyl sites for hydroxylation is 3. The fraction of sp³-hybridized carbons (Fsp3) is 0.267. The number of carboxylic acid groups (broad SMARTS) is 1. The molecule has 1 N–H and O–H groups in total. The van der Waals surface area contributed by atoms with Crippen LogP contribution in [0.3, 0.4) is 0 Å². The number of carboxylic acids is 1. The second kappa shape index (κ2) is 4.96. The molecular weight excluding hydrogens is 286 g/mol. The molecular formula is C15H15N3O2S. The molecule has 0 radical (unpaired) electrons. The van der Waals surface area contributed by atoms with Crippen LogP contribution < -0.4 is 0 Å². The van der Waals surface area contributed by atoms with Crippen LogP contribution in [0, 0.1) is 20.8 Å². The molecule has 0 saturated carbocycles. The second-order valence-electron chi connectivity index (χ2n) is 5.17. The van der Waals surface area contributed by atoms with Crippen molar-refractivity contribution in [3.05, 3.63) is 40.0 Å². The Bertz CT molecular complexity index is 825. The molecule has 6 heteroatoms. The van der Waals surface area contributed by atoms with E-state index in [1.165, 1.54) is 23.2 Å². The van der Waals surface area contributed by atoms with Crippen LogP contribution in [0.4, 0.5) is 0 Å². The first-order chi connectivity index (χ1) is 9.97. The highest BCUT2D eigenvalue weighted by Gasteiger charge is 2.20. The van der Waals surface area contributed by atoms with Crippen LogP contribution in [0.25, 0.3) is 16.2 Å². The molecule has 108 valence electrons. The van der Waals surface area contributed by atoms with E-state index in [9.17, 15) is 4.79 Å². The van der Waals surface area contributed by atoms with Crippen molar-refractivity contribution in [2.75, 3.05) is 0 Å². The summed E-state index contributed by atoms with van der Waals surface area (Å²) in [7, 11) is 0. The lowest BCUT2D eigenvalue weighted by molar-refractivity contribution is -0.136. The molecule has 0 fully saturated rings. The summed E-state index contributed by atoms with van der Waals surface area (Å²) >= 11 is 1.38. The van der Waals surface area contributed by atoms with E-state index in [-0.39, 0.29) is 6.42 Å². The van der Waals surface area contributed by atoms with Crippen LogP contribution in [0.2, 0.25) is 0 Å². The number of hydrogen-bond donors (Lipinski definition) is 1. The Hall–Kier alpha value is -2.21. The first-order valence-corrected chi connectivity index (χ1v) is 7.40. The van der Waals surface area contributed by atoms with Crippen molar-refractivity contribution in [3.63, 3.8) is 0 Å².